The zero-order valence-electron chi connectivity index (χ0n) is 39.3. The number of nitrogens with zero attached hydrogens (tertiary/aromatic N) is 8. The quantitative estimate of drug-likeness (QED) is 0.0325. The van der Waals surface area contributed by atoms with Gasteiger partial charge >= 0.3 is 31.3 Å². The number of nitrogens with one attached hydrogen (secondary N) is 3. The summed E-state index contributed by atoms with van der Waals surface area (Å²) < 4.78 is 105. The van der Waals surface area contributed by atoms with Crippen molar-refractivity contribution in [3.05, 3.63) is 57.7 Å². The zero-order chi connectivity index (χ0) is 56.3. The summed E-state index contributed by atoms with van der Waals surface area (Å²) in [7, 11) is -20.8. The lowest BCUT2D eigenvalue weighted by Gasteiger charge is -2.34. The fourth-order valence-corrected chi connectivity index (χ4v) is 12.7. The number of aliphatic hydroxyl groups is 5. The SMILES string of the molecule is C=CN(C1=C([NH2+]C)C(OC)N=C(N)N1)C1OC(COP(=O)(O)OP(=O)(O)OP(=O)(O)OCC2OC(n3cnc4c(=O)[nH]c(N)nc43)C(O)C2OP(=O)(O)OCC2OC(n3cnc4c(=O)[nH]c(N)nc43)C(O)C2O)C(O)C1O. The van der Waals surface area contributed by atoms with Gasteiger partial charge in [-0.15, -0.1) is 0 Å². The lowest BCUT2D eigenvalue weighted by Crippen LogP contribution is -2.81. The molecule has 0 saturated carbocycles. The minimum atomic E-state index is -6.25. The third kappa shape index (κ3) is 12.3. The second-order valence-electron chi connectivity index (χ2n) is 16.6. The molecule has 3 saturated heterocycles. The van der Waals surface area contributed by atoms with Crippen LogP contribution in [0.2, 0.25) is 0 Å². The van der Waals surface area contributed by atoms with Crippen molar-refractivity contribution in [2.75, 3.05) is 45.4 Å². The number of nitrogens with two attached hydrogens (primary N) is 4. The molecule has 3 fully saturated rings. The van der Waals surface area contributed by atoms with Crippen molar-refractivity contribution in [3.63, 3.8) is 0 Å². The van der Waals surface area contributed by atoms with Crippen LogP contribution in [0.1, 0.15) is 12.5 Å². The van der Waals surface area contributed by atoms with Gasteiger partial charge in [0.05, 0.1) is 39.5 Å². The first-order chi connectivity index (χ1) is 36.1. The Morgan fingerprint density at radius 2 is 1.21 bits per heavy atom. The van der Waals surface area contributed by atoms with E-state index in [2.05, 4.69) is 55.4 Å². The highest BCUT2D eigenvalue weighted by molar-refractivity contribution is 7.66. The van der Waals surface area contributed by atoms with Gasteiger partial charge in [0, 0.05) is 13.3 Å². The van der Waals surface area contributed by atoms with Gasteiger partial charge in [-0.1, -0.05) is 6.58 Å². The molecule has 20 N–H and O–H groups in total. The predicted molar refractivity (Wildman–Crippen MR) is 248 cm³/mol. The number of phosphoric ester groups is 3. The van der Waals surface area contributed by atoms with Crippen molar-refractivity contribution in [2.24, 2.45) is 10.7 Å². The van der Waals surface area contributed by atoms with Crippen LogP contribution in [0, 0.1) is 0 Å². The van der Waals surface area contributed by atoms with Gasteiger partial charge < -0.3 is 96.8 Å². The smallest absolute Gasteiger partial charge is 0.387 e. The van der Waals surface area contributed by atoms with Gasteiger partial charge in [0.1, 0.15) is 54.9 Å². The monoisotopic (exact) mass is 1180 g/mol. The number of rotatable bonds is 22. The van der Waals surface area contributed by atoms with E-state index in [9.17, 15) is 73.0 Å². The number of fused-ring (bicyclic) bond motifs is 2. The molecule has 0 bridgehead atoms. The molecule has 0 aliphatic carbocycles. The van der Waals surface area contributed by atoms with Crippen LogP contribution in [-0.4, -0.2) is 196 Å². The number of guanidine groups is 1. The molecule has 8 rings (SSSR count). The third-order valence-electron chi connectivity index (χ3n) is 11.6. The van der Waals surface area contributed by atoms with Crippen LogP contribution in [0.5, 0.6) is 0 Å². The fourth-order valence-electron chi connectivity index (χ4n) is 8.21. The van der Waals surface area contributed by atoms with E-state index in [1.807, 2.05) is 0 Å². The van der Waals surface area contributed by atoms with Crippen molar-refractivity contribution in [3.8, 4) is 0 Å². The summed E-state index contributed by atoms with van der Waals surface area (Å²) in [5.41, 5.74) is 14.8. The molecular formula is C33H50N15O25P4+. The molecule has 17 unspecified atom stereocenters. The number of aromatic amines is 2. The Balaban J connectivity index is 0.923. The Hall–Kier alpha value is -5.03. The van der Waals surface area contributed by atoms with E-state index < -0.39 is 148 Å². The van der Waals surface area contributed by atoms with E-state index in [0.29, 0.717) is 5.70 Å². The van der Waals surface area contributed by atoms with Crippen LogP contribution in [0.25, 0.3) is 22.3 Å². The van der Waals surface area contributed by atoms with Gasteiger partial charge in [-0.05, 0) is 0 Å². The molecule has 40 nitrogen and oxygen atoms in total. The molecule has 8 heterocycles. The molecule has 4 aliphatic rings. The fraction of sp³-hybridized carbons (Fsp3) is 0.545. The number of nitrogen functional groups attached to an aromatic ring is 2. The topological polar surface area (TPSA) is 592 Å². The van der Waals surface area contributed by atoms with E-state index in [1.165, 1.54) is 12.0 Å². The number of aliphatic imine (C=N–C) groups is 1. The Kier molecular flexibility index (Phi) is 16.8. The number of hydrogen-bond donors (Lipinski definition) is 16. The summed E-state index contributed by atoms with van der Waals surface area (Å²) in [5.74, 6) is -0.772. The first kappa shape index (κ1) is 58.1. The third-order valence-corrected chi connectivity index (χ3v) is 16.9. The highest BCUT2D eigenvalue weighted by Gasteiger charge is 2.53. The van der Waals surface area contributed by atoms with Crippen LogP contribution < -0.4 is 39.0 Å². The summed E-state index contributed by atoms with van der Waals surface area (Å²) >= 11 is 0. The average molecular weight is 1180 g/mol. The average Bonchev–Trinajstić information content (AvgIpc) is 4.19. The number of aliphatic hydroxyl groups excluding tert-OH is 5. The second kappa shape index (κ2) is 22.2. The number of quaternary nitrogens is 1. The van der Waals surface area contributed by atoms with Crippen LogP contribution in [0.15, 0.2) is 51.5 Å². The Bertz CT molecular complexity index is 3270. The van der Waals surface area contributed by atoms with Crippen LogP contribution in [0.4, 0.5) is 11.9 Å². The predicted octanol–water partition coefficient (Wildman–Crippen LogP) is -6.69. The molecule has 0 aromatic carbocycles. The number of methoxy groups -OCH3 is 1. The number of imidazole rings is 2. The van der Waals surface area contributed by atoms with Gasteiger partial charge in [-0.2, -0.15) is 18.6 Å². The summed E-state index contributed by atoms with van der Waals surface area (Å²) in [5, 5.41) is 59.2. The highest BCUT2D eigenvalue weighted by Crippen LogP contribution is 2.68. The lowest BCUT2D eigenvalue weighted by molar-refractivity contribution is -0.586. The number of anilines is 2. The normalized spacial score (nSPS) is 31.9. The van der Waals surface area contributed by atoms with E-state index in [-0.39, 0.29) is 40.1 Å². The summed E-state index contributed by atoms with van der Waals surface area (Å²) in [6, 6.07) is 0. The molecule has 0 radical (unpaired) electrons. The molecule has 4 aliphatic heterocycles. The Labute approximate surface area is 428 Å². The molecular weight excluding hydrogens is 1130 g/mol. The molecule has 0 spiro atoms. The van der Waals surface area contributed by atoms with E-state index in [4.69, 9.17) is 54.2 Å². The number of aromatic nitrogens is 8. The standard InChI is InChI=1S/C33H49N15O25P4/c1-4-46(24-15(37-2)27(64-3)45-33(36)42-24)28-18(51)16(49)11(68-28)6-66-75(58,59)72-77(62,63)73-76(60,61)67-7-12-21(20(53)30(70-12)48-9-39-14-23(48)41-32(35)44-26(14)55)71-74(56,57)65-5-10-17(50)19(52)29(69-10)47-8-38-13-22(47)40-31(34)43-25(13)54/h4,8-12,16-21,27-30,37,49-53H,1,5-7H2,2-3H3,(H,56,57)(H,58,59)(H,60,61)(H,62,63)(H3,36,42,45)(H3,34,40,43,54)(H3,35,41,44,55)/p+1. The molecule has 0 amide bonds. The summed E-state index contributed by atoms with van der Waals surface area (Å²) in [6.45, 7) is 0.0544. The number of H-pyrrole nitrogens is 2. The number of phosphoric acid groups is 4. The maximum atomic E-state index is 13.5. The van der Waals surface area contributed by atoms with Crippen LogP contribution >= 0.6 is 31.3 Å². The highest BCUT2D eigenvalue weighted by atomic mass is 31.3. The van der Waals surface area contributed by atoms with Gasteiger partial charge in [-0.25, -0.2) is 33.2 Å². The zero-order valence-corrected chi connectivity index (χ0v) is 42.9. The number of ether oxygens (including phenoxy) is 4. The summed E-state index contributed by atoms with van der Waals surface area (Å²) in [4.78, 5) is 92.3. The van der Waals surface area contributed by atoms with Crippen molar-refractivity contribution in [1.29, 1.82) is 0 Å². The summed E-state index contributed by atoms with van der Waals surface area (Å²) in [6.07, 6.45) is -19.8. The molecule has 77 heavy (non-hydrogen) atoms. The first-order valence-electron chi connectivity index (χ1n) is 21.8. The maximum Gasteiger partial charge on any atom is 0.490 e. The first-order valence-corrected chi connectivity index (χ1v) is 27.8. The van der Waals surface area contributed by atoms with E-state index in [1.54, 1.807) is 12.4 Å². The second-order valence-corrected chi connectivity index (χ2v) is 22.6. The van der Waals surface area contributed by atoms with Gasteiger partial charge in [0.15, 0.2) is 58.5 Å². The van der Waals surface area contributed by atoms with Gasteiger partial charge in [0.25, 0.3) is 11.1 Å². The van der Waals surface area contributed by atoms with E-state index in [0.717, 1.165) is 28.0 Å². The maximum absolute atomic E-state index is 13.5. The molecule has 426 valence electrons. The lowest BCUT2D eigenvalue weighted by atomic mass is 10.1. The van der Waals surface area contributed by atoms with Crippen molar-refractivity contribution in [1.82, 2.24) is 49.3 Å². The van der Waals surface area contributed by atoms with Crippen molar-refractivity contribution >= 4 is 71.5 Å². The number of hydrogen-bond acceptors (Lipinski definition) is 31. The van der Waals surface area contributed by atoms with Crippen molar-refractivity contribution < 1.29 is 114 Å². The van der Waals surface area contributed by atoms with Crippen molar-refractivity contribution in [2.45, 2.75) is 79.8 Å². The van der Waals surface area contributed by atoms with Crippen LogP contribution in [-0.2, 0) is 63.9 Å². The van der Waals surface area contributed by atoms with E-state index >= 15 is 0 Å². The van der Waals surface area contributed by atoms with Crippen LogP contribution in [0.3, 0.4) is 0 Å². The Morgan fingerprint density at radius 1 is 0.727 bits per heavy atom. The number of likely N-dealkylation sites (N-methyl/N-ethyl adjacent to an activating group) is 1. The minimum absolute atomic E-state index is 0.119. The molecule has 4 aromatic heterocycles. The molecule has 44 heteroatoms. The molecule has 4 aromatic rings. The minimum Gasteiger partial charge on any atom is -0.387 e. The van der Waals surface area contributed by atoms with Gasteiger partial charge in [0.2, 0.25) is 18.1 Å². The van der Waals surface area contributed by atoms with Gasteiger partial charge in [-0.3, -0.25) is 46.8 Å². The Morgan fingerprint density at radius 3 is 1.73 bits per heavy atom. The molecule has 17 atom stereocenters. The largest absolute Gasteiger partial charge is 0.490 e.